The number of benzene rings is 2. The summed E-state index contributed by atoms with van der Waals surface area (Å²) < 4.78 is 12.9. The van der Waals surface area contributed by atoms with Crippen molar-refractivity contribution in [3.05, 3.63) is 54.9 Å². The van der Waals surface area contributed by atoms with Crippen LogP contribution in [-0.2, 0) is 16.6 Å². The van der Waals surface area contributed by atoms with Crippen LogP contribution < -0.4 is 20.3 Å². The van der Waals surface area contributed by atoms with Gasteiger partial charge in [0.1, 0.15) is 5.75 Å². The summed E-state index contributed by atoms with van der Waals surface area (Å²) in [6.07, 6.45) is 4.06. The zero-order chi connectivity index (χ0) is 27.9. The molecule has 0 aliphatic heterocycles. The molecule has 0 aliphatic carbocycles. The maximum absolute atomic E-state index is 12.7. The first-order valence-electron chi connectivity index (χ1n) is 12.8. The average molecular weight is 532 g/mol. The fourth-order valence-corrected chi connectivity index (χ4v) is 4.36. The van der Waals surface area contributed by atoms with Gasteiger partial charge >= 0.3 is 0 Å². The van der Waals surface area contributed by atoms with E-state index in [1.165, 1.54) is 0 Å². The topological polar surface area (TPSA) is 96.8 Å². The number of fused-ring (bicyclic) bond motifs is 1. The lowest BCUT2D eigenvalue weighted by atomic mass is 10.1. The SMILES string of the molecule is COCCC(=O)Nc1cc(Nc2nccc(-c3cn(C)c4ccccc34)n2)c(OC)cc1N(C)CCN(C)C. The quantitative estimate of drug-likeness (QED) is 0.278. The van der Waals surface area contributed by atoms with Crippen molar-refractivity contribution < 1.29 is 14.3 Å². The van der Waals surface area contributed by atoms with Gasteiger partial charge in [-0.1, -0.05) is 18.2 Å². The summed E-state index contributed by atoms with van der Waals surface area (Å²) in [5, 5.41) is 7.46. The molecule has 4 aromatic rings. The number of aromatic nitrogens is 3. The number of para-hydroxylation sites is 1. The summed E-state index contributed by atoms with van der Waals surface area (Å²) in [5.74, 6) is 0.893. The number of rotatable bonds is 12. The fraction of sp³-hybridized carbons (Fsp3) is 0.345. The molecule has 2 heterocycles. The monoisotopic (exact) mass is 531 g/mol. The van der Waals surface area contributed by atoms with Crippen molar-refractivity contribution in [1.82, 2.24) is 19.4 Å². The third-order valence-electron chi connectivity index (χ3n) is 6.49. The molecule has 0 atom stereocenters. The van der Waals surface area contributed by atoms with Gasteiger partial charge in [0.25, 0.3) is 0 Å². The molecule has 4 rings (SSSR count). The second-order valence-electron chi connectivity index (χ2n) is 9.65. The van der Waals surface area contributed by atoms with Gasteiger partial charge in [-0.3, -0.25) is 4.79 Å². The summed E-state index contributed by atoms with van der Waals surface area (Å²) >= 11 is 0. The van der Waals surface area contributed by atoms with E-state index in [0.717, 1.165) is 40.9 Å². The molecule has 0 saturated carbocycles. The molecule has 1 amide bonds. The van der Waals surface area contributed by atoms with Crippen LogP contribution >= 0.6 is 0 Å². The number of hydrogen-bond acceptors (Lipinski definition) is 8. The van der Waals surface area contributed by atoms with Crippen molar-refractivity contribution >= 4 is 39.8 Å². The predicted octanol–water partition coefficient (Wildman–Crippen LogP) is 4.36. The number of anilines is 4. The van der Waals surface area contributed by atoms with Gasteiger partial charge in [0.15, 0.2) is 0 Å². The van der Waals surface area contributed by atoms with E-state index in [4.69, 9.17) is 14.5 Å². The molecule has 0 radical (unpaired) electrons. The number of nitrogens with zero attached hydrogens (tertiary/aromatic N) is 5. The smallest absolute Gasteiger partial charge is 0.227 e. The highest BCUT2D eigenvalue weighted by molar-refractivity contribution is 5.97. The first kappa shape index (κ1) is 27.9. The molecule has 39 heavy (non-hydrogen) atoms. The van der Waals surface area contributed by atoms with Gasteiger partial charge in [0.05, 0.1) is 42.9 Å². The number of likely N-dealkylation sites (N-methyl/N-ethyl adjacent to an activating group) is 2. The molecule has 206 valence electrons. The maximum atomic E-state index is 12.7. The average Bonchev–Trinajstić information content (AvgIpc) is 3.27. The van der Waals surface area contributed by atoms with Gasteiger partial charge in [0.2, 0.25) is 11.9 Å². The van der Waals surface area contributed by atoms with Crippen molar-refractivity contribution in [1.29, 1.82) is 0 Å². The Labute approximate surface area is 229 Å². The minimum atomic E-state index is -0.135. The number of carbonyl (C=O) groups excluding carboxylic acids is 1. The zero-order valence-electron chi connectivity index (χ0n) is 23.5. The largest absolute Gasteiger partial charge is 0.494 e. The van der Waals surface area contributed by atoms with Gasteiger partial charge in [-0.25, -0.2) is 9.97 Å². The molecule has 0 unspecified atom stereocenters. The minimum absolute atomic E-state index is 0.135. The molecular weight excluding hydrogens is 494 g/mol. The van der Waals surface area contributed by atoms with Crippen LogP contribution in [0.2, 0.25) is 0 Å². The molecular formula is C29H37N7O3. The Morgan fingerprint density at radius 3 is 2.59 bits per heavy atom. The normalized spacial score (nSPS) is 11.2. The van der Waals surface area contributed by atoms with Crippen molar-refractivity contribution in [2.75, 3.05) is 70.6 Å². The molecule has 2 aromatic carbocycles. The molecule has 2 aromatic heterocycles. The van der Waals surface area contributed by atoms with Gasteiger partial charge in [0, 0.05) is 69.2 Å². The Morgan fingerprint density at radius 2 is 1.85 bits per heavy atom. The lowest BCUT2D eigenvalue weighted by Crippen LogP contribution is -2.29. The van der Waals surface area contributed by atoms with Crippen molar-refractivity contribution in [3.63, 3.8) is 0 Å². The van der Waals surface area contributed by atoms with Gasteiger partial charge in [-0.15, -0.1) is 0 Å². The molecule has 0 saturated heterocycles. The van der Waals surface area contributed by atoms with Crippen LogP contribution in [0, 0.1) is 0 Å². The summed E-state index contributed by atoms with van der Waals surface area (Å²) in [4.78, 5) is 26.1. The predicted molar refractivity (Wildman–Crippen MR) is 157 cm³/mol. The number of carbonyl (C=O) groups is 1. The second kappa shape index (κ2) is 12.6. The van der Waals surface area contributed by atoms with E-state index in [-0.39, 0.29) is 12.3 Å². The van der Waals surface area contributed by atoms with Gasteiger partial charge < -0.3 is 34.5 Å². The Morgan fingerprint density at radius 1 is 1.05 bits per heavy atom. The zero-order valence-corrected chi connectivity index (χ0v) is 23.5. The van der Waals surface area contributed by atoms with Gasteiger partial charge in [-0.05, 0) is 32.3 Å². The van der Waals surface area contributed by atoms with Crippen LogP contribution in [-0.4, -0.2) is 80.4 Å². The van der Waals surface area contributed by atoms with Crippen LogP contribution in [0.4, 0.5) is 23.0 Å². The highest BCUT2D eigenvalue weighted by Crippen LogP contribution is 2.38. The molecule has 2 N–H and O–H groups in total. The van der Waals surface area contributed by atoms with Crippen molar-refractivity contribution in [2.24, 2.45) is 7.05 Å². The highest BCUT2D eigenvalue weighted by atomic mass is 16.5. The fourth-order valence-electron chi connectivity index (χ4n) is 4.36. The lowest BCUT2D eigenvalue weighted by molar-refractivity contribution is -0.117. The first-order chi connectivity index (χ1) is 18.8. The summed E-state index contributed by atoms with van der Waals surface area (Å²) in [7, 11) is 11.3. The van der Waals surface area contributed by atoms with E-state index in [0.29, 0.717) is 29.7 Å². The number of ether oxygens (including phenoxy) is 2. The van der Waals surface area contributed by atoms with Crippen molar-refractivity contribution in [2.45, 2.75) is 6.42 Å². The Balaban J connectivity index is 1.69. The molecule has 0 aliphatic rings. The number of hydrogen-bond donors (Lipinski definition) is 2. The first-order valence-corrected chi connectivity index (χ1v) is 12.8. The summed E-state index contributed by atoms with van der Waals surface area (Å²) in [6.45, 7) is 1.96. The van der Waals surface area contributed by atoms with E-state index in [1.807, 2.05) is 58.5 Å². The van der Waals surface area contributed by atoms with Crippen LogP contribution in [0.3, 0.4) is 0 Å². The van der Waals surface area contributed by atoms with E-state index >= 15 is 0 Å². The summed E-state index contributed by atoms with van der Waals surface area (Å²) in [5.41, 5.74) is 5.09. The van der Waals surface area contributed by atoms with E-state index in [9.17, 15) is 4.79 Å². The van der Waals surface area contributed by atoms with E-state index in [1.54, 1.807) is 20.4 Å². The number of aryl methyl sites for hydroxylation is 1. The van der Waals surface area contributed by atoms with Crippen LogP contribution in [0.15, 0.2) is 54.9 Å². The molecule has 0 fully saturated rings. The van der Waals surface area contributed by atoms with Crippen molar-refractivity contribution in [3.8, 4) is 17.0 Å². The molecule has 10 nitrogen and oxygen atoms in total. The van der Waals surface area contributed by atoms with E-state index < -0.39 is 0 Å². The standard InChI is InChI=1S/C29H37N7O3/c1-34(2)14-15-35(3)26-18-27(39-6)24(17-23(26)31-28(37)12-16-38-5)33-29-30-13-11-22(32-29)21-19-36(4)25-10-8-7-9-20(21)25/h7-11,13,17-19H,12,14-16H2,1-6H3,(H,31,37)(H,30,32,33). The van der Waals surface area contributed by atoms with Crippen LogP contribution in [0.1, 0.15) is 6.42 Å². The molecule has 0 spiro atoms. The molecule has 0 bridgehead atoms. The molecule has 10 heteroatoms. The van der Waals surface area contributed by atoms with E-state index in [2.05, 4.69) is 48.3 Å². The highest BCUT2D eigenvalue weighted by Gasteiger charge is 2.18. The van der Waals surface area contributed by atoms with Gasteiger partial charge in [-0.2, -0.15) is 0 Å². The second-order valence-corrected chi connectivity index (χ2v) is 9.65. The third kappa shape index (κ3) is 6.65. The maximum Gasteiger partial charge on any atom is 0.227 e. The van der Waals surface area contributed by atoms with Crippen LogP contribution in [0.25, 0.3) is 22.2 Å². The minimum Gasteiger partial charge on any atom is -0.494 e. The number of nitrogens with one attached hydrogen (secondary N) is 2. The Kier molecular flexibility index (Phi) is 9.00. The Bertz CT molecular complexity index is 1430. The lowest BCUT2D eigenvalue weighted by Gasteiger charge is -2.26. The third-order valence-corrected chi connectivity index (χ3v) is 6.49. The Hall–Kier alpha value is -4.15. The number of methoxy groups -OCH3 is 2. The number of amides is 1. The van der Waals surface area contributed by atoms with Crippen LogP contribution in [0.5, 0.6) is 5.75 Å². The summed E-state index contributed by atoms with van der Waals surface area (Å²) in [6, 6.07) is 13.9.